The lowest BCUT2D eigenvalue weighted by Gasteiger charge is -2.17. The Labute approximate surface area is 128 Å². The maximum Gasteiger partial charge on any atom is 0.0449 e. The van der Waals surface area contributed by atoms with Gasteiger partial charge in [0.2, 0.25) is 0 Å². The van der Waals surface area contributed by atoms with Gasteiger partial charge in [0, 0.05) is 15.5 Å². The zero-order valence-corrected chi connectivity index (χ0v) is 13.2. The largest absolute Gasteiger partial charge is 0.313 e. The predicted octanol–water partition coefficient (Wildman–Crippen LogP) is 5.00. The van der Waals surface area contributed by atoms with Gasteiger partial charge >= 0.3 is 0 Å². The molecule has 2 aromatic rings. The van der Waals surface area contributed by atoms with Gasteiger partial charge in [0.05, 0.1) is 0 Å². The van der Waals surface area contributed by atoms with Gasteiger partial charge in [0.25, 0.3) is 0 Å². The van der Waals surface area contributed by atoms with E-state index in [0.29, 0.717) is 6.04 Å². The molecule has 1 nitrogen and oxygen atoms in total. The van der Waals surface area contributed by atoms with Crippen molar-refractivity contribution in [2.45, 2.75) is 18.9 Å². The van der Waals surface area contributed by atoms with Crippen molar-refractivity contribution in [2.24, 2.45) is 0 Å². The third-order valence-corrected chi connectivity index (χ3v) is 4.11. The Hall–Kier alpha value is -0.830. The number of aryl methyl sites for hydroxylation is 1. The Morgan fingerprint density at radius 2 is 1.89 bits per heavy atom. The lowest BCUT2D eigenvalue weighted by molar-refractivity contribution is 0.549. The van der Waals surface area contributed by atoms with Crippen molar-refractivity contribution in [1.29, 1.82) is 0 Å². The molecule has 0 radical (unpaired) electrons. The molecular weight excluding hydrogens is 322 g/mol. The summed E-state index contributed by atoms with van der Waals surface area (Å²) in [6.45, 7) is 0. The van der Waals surface area contributed by atoms with E-state index in [1.165, 1.54) is 11.1 Å². The van der Waals surface area contributed by atoms with Crippen LogP contribution in [0.25, 0.3) is 0 Å². The molecule has 0 amide bonds. The van der Waals surface area contributed by atoms with Crippen molar-refractivity contribution >= 4 is 27.5 Å². The van der Waals surface area contributed by atoms with E-state index < -0.39 is 0 Å². The van der Waals surface area contributed by atoms with E-state index in [-0.39, 0.29) is 0 Å². The van der Waals surface area contributed by atoms with Crippen LogP contribution in [0.1, 0.15) is 23.6 Å². The van der Waals surface area contributed by atoms with Gasteiger partial charge < -0.3 is 5.32 Å². The summed E-state index contributed by atoms with van der Waals surface area (Å²) in [6.07, 6.45) is 1.99. The Morgan fingerprint density at radius 3 is 2.53 bits per heavy atom. The van der Waals surface area contributed by atoms with Gasteiger partial charge in [0.1, 0.15) is 0 Å². The third kappa shape index (κ3) is 4.07. The van der Waals surface area contributed by atoms with Gasteiger partial charge in [-0.1, -0.05) is 63.9 Å². The molecule has 1 N–H and O–H groups in total. The van der Waals surface area contributed by atoms with Gasteiger partial charge in [-0.25, -0.2) is 0 Å². The zero-order valence-electron chi connectivity index (χ0n) is 10.9. The zero-order chi connectivity index (χ0) is 13.7. The Balaban J connectivity index is 2.04. The fraction of sp³-hybridized carbons (Fsp3) is 0.250. The molecule has 0 bridgehead atoms. The van der Waals surface area contributed by atoms with Gasteiger partial charge in [-0.15, -0.1) is 0 Å². The standard InChI is InChI=1S/C16H17BrClN/c1-19-16(13-5-3-2-4-6-13)10-8-12-7-9-14(17)11-15(12)18/h2-7,9,11,16,19H,8,10H2,1H3. The van der Waals surface area contributed by atoms with Crippen LogP contribution in [0.3, 0.4) is 0 Å². The van der Waals surface area contributed by atoms with Crippen molar-refractivity contribution in [3.8, 4) is 0 Å². The highest BCUT2D eigenvalue weighted by Gasteiger charge is 2.10. The summed E-state index contributed by atoms with van der Waals surface area (Å²) in [4.78, 5) is 0. The van der Waals surface area contributed by atoms with Crippen LogP contribution in [-0.4, -0.2) is 7.05 Å². The molecule has 1 atom stereocenters. The number of halogens is 2. The van der Waals surface area contributed by atoms with Crippen LogP contribution in [0.15, 0.2) is 53.0 Å². The fourth-order valence-electron chi connectivity index (χ4n) is 2.19. The first kappa shape index (κ1) is 14.6. The van der Waals surface area contributed by atoms with Gasteiger partial charge in [-0.3, -0.25) is 0 Å². The number of benzene rings is 2. The highest BCUT2D eigenvalue weighted by Crippen LogP contribution is 2.25. The molecule has 19 heavy (non-hydrogen) atoms. The van der Waals surface area contributed by atoms with Crippen LogP contribution < -0.4 is 5.32 Å². The number of nitrogens with one attached hydrogen (secondary N) is 1. The van der Waals surface area contributed by atoms with Crippen LogP contribution in [0.4, 0.5) is 0 Å². The summed E-state index contributed by atoms with van der Waals surface area (Å²) < 4.78 is 1.02. The first-order valence-corrected chi connectivity index (χ1v) is 7.54. The smallest absolute Gasteiger partial charge is 0.0449 e. The SMILES string of the molecule is CNC(CCc1ccc(Br)cc1Cl)c1ccccc1. The van der Waals surface area contributed by atoms with E-state index >= 15 is 0 Å². The molecule has 0 saturated heterocycles. The molecule has 0 aromatic heterocycles. The molecule has 0 saturated carbocycles. The second-order valence-corrected chi connectivity index (χ2v) is 5.85. The minimum absolute atomic E-state index is 0.362. The van der Waals surface area contributed by atoms with Crippen molar-refractivity contribution in [1.82, 2.24) is 5.32 Å². The topological polar surface area (TPSA) is 12.0 Å². The quantitative estimate of drug-likeness (QED) is 0.809. The molecule has 0 aliphatic heterocycles. The Morgan fingerprint density at radius 1 is 1.16 bits per heavy atom. The van der Waals surface area contributed by atoms with Gasteiger partial charge in [-0.05, 0) is 43.1 Å². The summed E-state index contributed by atoms with van der Waals surface area (Å²) in [5.41, 5.74) is 2.51. The average Bonchev–Trinajstić information content (AvgIpc) is 2.43. The highest BCUT2D eigenvalue weighted by molar-refractivity contribution is 9.10. The molecule has 0 spiro atoms. The van der Waals surface area contributed by atoms with Crippen LogP contribution in [0, 0.1) is 0 Å². The molecular formula is C16H17BrClN. The maximum atomic E-state index is 6.25. The normalized spacial score (nSPS) is 12.4. The molecule has 0 heterocycles. The van der Waals surface area contributed by atoms with Crippen molar-refractivity contribution < 1.29 is 0 Å². The summed E-state index contributed by atoms with van der Waals surface area (Å²) in [6, 6.07) is 17.0. The highest BCUT2D eigenvalue weighted by atomic mass is 79.9. The molecule has 3 heteroatoms. The third-order valence-electron chi connectivity index (χ3n) is 3.27. The number of hydrogen-bond acceptors (Lipinski definition) is 1. The van der Waals surface area contributed by atoms with Crippen molar-refractivity contribution in [3.05, 3.63) is 69.2 Å². The van der Waals surface area contributed by atoms with Gasteiger partial charge in [-0.2, -0.15) is 0 Å². The van der Waals surface area contributed by atoms with Crippen LogP contribution >= 0.6 is 27.5 Å². The number of hydrogen-bond donors (Lipinski definition) is 1. The average molecular weight is 339 g/mol. The summed E-state index contributed by atoms with van der Waals surface area (Å²) in [5, 5.41) is 4.20. The number of rotatable bonds is 5. The Bertz CT molecular complexity index is 528. The van der Waals surface area contributed by atoms with Gasteiger partial charge in [0.15, 0.2) is 0 Å². The molecule has 1 unspecified atom stereocenters. The summed E-state index contributed by atoms with van der Waals surface area (Å²) in [7, 11) is 2.00. The van der Waals surface area contributed by atoms with E-state index in [1.54, 1.807) is 0 Å². The molecule has 0 aliphatic carbocycles. The van der Waals surface area contributed by atoms with Crippen molar-refractivity contribution in [3.63, 3.8) is 0 Å². The minimum atomic E-state index is 0.362. The molecule has 2 aromatic carbocycles. The summed E-state index contributed by atoms with van der Waals surface area (Å²) in [5.74, 6) is 0. The monoisotopic (exact) mass is 337 g/mol. The Kier molecular flexibility index (Phi) is 5.44. The lowest BCUT2D eigenvalue weighted by Crippen LogP contribution is -2.17. The first-order valence-electron chi connectivity index (χ1n) is 6.37. The maximum absolute atomic E-state index is 6.25. The summed E-state index contributed by atoms with van der Waals surface area (Å²) >= 11 is 9.68. The predicted molar refractivity (Wildman–Crippen MR) is 85.7 cm³/mol. The fourth-order valence-corrected chi connectivity index (χ4v) is 2.96. The molecule has 0 aliphatic rings. The van der Waals surface area contributed by atoms with Crippen LogP contribution in [0.2, 0.25) is 5.02 Å². The van der Waals surface area contributed by atoms with E-state index in [4.69, 9.17) is 11.6 Å². The molecule has 2 rings (SSSR count). The van der Waals surface area contributed by atoms with E-state index in [1.807, 2.05) is 25.2 Å². The van der Waals surface area contributed by atoms with Crippen LogP contribution in [-0.2, 0) is 6.42 Å². The van der Waals surface area contributed by atoms with Crippen LogP contribution in [0.5, 0.6) is 0 Å². The van der Waals surface area contributed by atoms with E-state index in [0.717, 1.165) is 22.3 Å². The van der Waals surface area contributed by atoms with Crippen molar-refractivity contribution in [2.75, 3.05) is 7.05 Å². The molecule has 100 valence electrons. The lowest BCUT2D eigenvalue weighted by atomic mass is 9.99. The molecule has 0 fully saturated rings. The first-order chi connectivity index (χ1) is 9.20. The second-order valence-electron chi connectivity index (χ2n) is 4.53. The van der Waals surface area contributed by atoms with E-state index in [9.17, 15) is 0 Å². The van der Waals surface area contributed by atoms with E-state index in [2.05, 4.69) is 51.6 Å². The second kappa shape index (κ2) is 7.09. The minimum Gasteiger partial charge on any atom is -0.313 e.